The molecule has 6 heteroatoms. The lowest BCUT2D eigenvalue weighted by atomic mass is 10.3. The number of nitrogen functional groups attached to an aromatic ring is 1. The van der Waals surface area contributed by atoms with E-state index in [1.807, 2.05) is 4.90 Å². The molecule has 1 aromatic heterocycles. The Labute approximate surface area is 94.4 Å². The van der Waals surface area contributed by atoms with E-state index in [-0.39, 0.29) is 18.4 Å². The van der Waals surface area contributed by atoms with E-state index in [0.717, 1.165) is 25.8 Å². The van der Waals surface area contributed by atoms with E-state index < -0.39 is 0 Å². The van der Waals surface area contributed by atoms with Gasteiger partial charge in [0.05, 0.1) is 0 Å². The van der Waals surface area contributed by atoms with Crippen LogP contribution in [0.1, 0.15) is 26.2 Å². The summed E-state index contributed by atoms with van der Waals surface area (Å²) in [5.41, 5.74) is 5.39. The number of rotatable bonds is 5. The van der Waals surface area contributed by atoms with Gasteiger partial charge < -0.3 is 10.6 Å². The molecular formula is C10H17N5O. The fourth-order valence-electron chi connectivity index (χ4n) is 1.75. The minimum absolute atomic E-state index is 0.106. The predicted molar refractivity (Wildman–Crippen MR) is 59.5 cm³/mol. The van der Waals surface area contributed by atoms with Gasteiger partial charge in [-0.05, 0) is 19.3 Å². The van der Waals surface area contributed by atoms with Crippen LogP contribution in [0.5, 0.6) is 0 Å². The monoisotopic (exact) mass is 223 g/mol. The van der Waals surface area contributed by atoms with E-state index in [9.17, 15) is 4.79 Å². The molecule has 1 fully saturated rings. The molecule has 2 rings (SSSR count). The maximum Gasteiger partial charge on any atom is 0.244 e. The van der Waals surface area contributed by atoms with E-state index in [0.29, 0.717) is 6.04 Å². The molecule has 6 nitrogen and oxygen atoms in total. The van der Waals surface area contributed by atoms with Gasteiger partial charge >= 0.3 is 0 Å². The van der Waals surface area contributed by atoms with Crippen molar-refractivity contribution >= 4 is 11.9 Å². The van der Waals surface area contributed by atoms with Crippen molar-refractivity contribution in [3.05, 3.63) is 6.33 Å². The molecule has 0 saturated heterocycles. The first-order chi connectivity index (χ1) is 7.70. The second-order valence-corrected chi connectivity index (χ2v) is 4.12. The summed E-state index contributed by atoms with van der Waals surface area (Å²) in [7, 11) is 0. The van der Waals surface area contributed by atoms with Gasteiger partial charge in [0.2, 0.25) is 11.9 Å². The van der Waals surface area contributed by atoms with Crippen molar-refractivity contribution in [3.8, 4) is 0 Å². The summed E-state index contributed by atoms with van der Waals surface area (Å²) in [5.74, 6) is 0.315. The largest absolute Gasteiger partial charge is 0.367 e. The highest BCUT2D eigenvalue weighted by molar-refractivity contribution is 5.76. The SMILES string of the molecule is CCCN(C(=O)Cn1cnc(N)n1)C1CC1. The molecule has 16 heavy (non-hydrogen) atoms. The summed E-state index contributed by atoms with van der Waals surface area (Å²) in [6.07, 6.45) is 4.74. The highest BCUT2D eigenvalue weighted by Gasteiger charge is 2.31. The van der Waals surface area contributed by atoms with Crippen LogP contribution < -0.4 is 5.73 Å². The molecule has 0 spiro atoms. The maximum atomic E-state index is 12.0. The van der Waals surface area contributed by atoms with Crippen LogP contribution in [0.25, 0.3) is 0 Å². The average molecular weight is 223 g/mol. The Hall–Kier alpha value is -1.59. The Morgan fingerprint density at radius 2 is 2.44 bits per heavy atom. The van der Waals surface area contributed by atoms with Crippen LogP contribution in [-0.4, -0.2) is 38.2 Å². The molecular weight excluding hydrogens is 206 g/mol. The Balaban J connectivity index is 1.94. The molecule has 0 atom stereocenters. The average Bonchev–Trinajstić information content (AvgIpc) is 3.00. The van der Waals surface area contributed by atoms with Crippen LogP contribution in [0.2, 0.25) is 0 Å². The molecule has 0 radical (unpaired) electrons. The van der Waals surface area contributed by atoms with Gasteiger partial charge in [-0.1, -0.05) is 6.92 Å². The fraction of sp³-hybridized carbons (Fsp3) is 0.700. The van der Waals surface area contributed by atoms with Gasteiger partial charge in [0.1, 0.15) is 12.9 Å². The van der Waals surface area contributed by atoms with Crippen molar-refractivity contribution < 1.29 is 4.79 Å². The number of hydrogen-bond donors (Lipinski definition) is 1. The number of carbonyl (C=O) groups is 1. The number of nitrogens with zero attached hydrogens (tertiary/aromatic N) is 4. The Kier molecular flexibility index (Phi) is 3.07. The van der Waals surface area contributed by atoms with Crippen LogP contribution in [0.3, 0.4) is 0 Å². The number of amides is 1. The van der Waals surface area contributed by atoms with Crippen molar-refractivity contribution in [1.29, 1.82) is 0 Å². The van der Waals surface area contributed by atoms with E-state index in [4.69, 9.17) is 5.73 Å². The Bertz CT molecular complexity index is 371. The normalized spacial score (nSPS) is 15.1. The zero-order chi connectivity index (χ0) is 11.5. The lowest BCUT2D eigenvalue weighted by Gasteiger charge is -2.21. The lowest BCUT2D eigenvalue weighted by molar-refractivity contribution is -0.132. The second kappa shape index (κ2) is 4.51. The smallest absolute Gasteiger partial charge is 0.244 e. The second-order valence-electron chi connectivity index (χ2n) is 4.12. The third kappa shape index (κ3) is 2.50. The molecule has 0 bridgehead atoms. The topological polar surface area (TPSA) is 77.0 Å². The Morgan fingerprint density at radius 3 is 2.94 bits per heavy atom. The first kappa shape index (κ1) is 10.9. The third-order valence-electron chi connectivity index (χ3n) is 2.62. The molecule has 1 saturated carbocycles. The van der Waals surface area contributed by atoms with Crippen molar-refractivity contribution in [2.75, 3.05) is 12.3 Å². The molecule has 0 aliphatic heterocycles. The standard InChI is InChI=1S/C10H17N5O/c1-2-5-15(8-3-4-8)9(16)6-14-7-12-10(11)13-14/h7-8H,2-6H2,1H3,(H2,11,13). The van der Waals surface area contributed by atoms with Gasteiger partial charge in [-0.2, -0.15) is 0 Å². The van der Waals surface area contributed by atoms with Crippen LogP contribution >= 0.6 is 0 Å². The zero-order valence-electron chi connectivity index (χ0n) is 9.46. The molecule has 0 aromatic carbocycles. The van der Waals surface area contributed by atoms with Gasteiger partial charge in [0.25, 0.3) is 0 Å². The highest BCUT2D eigenvalue weighted by atomic mass is 16.2. The van der Waals surface area contributed by atoms with Crippen molar-refractivity contribution in [3.63, 3.8) is 0 Å². The number of nitrogens with two attached hydrogens (primary N) is 1. The van der Waals surface area contributed by atoms with Crippen molar-refractivity contribution in [2.24, 2.45) is 0 Å². The molecule has 1 amide bonds. The van der Waals surface area contributed by atoms with Gasteiger partial charge in [-0.15, -0.1) is 5.10 Å². The lowest BCUT2D eigenvalue weighted by Crippen LogP contribution is -2.36. The molecule has 1 aliphatic carbocycles. The van der Waals surface area contributed by atoms with Gasteiger partial charge in [-0.25, -0.2) is 9.67 Å². The first-order valence-corrected chi connectivity index (χ1v) is 5.65. The summed E-state index contributed by atoms with van der Waals surface area (Å²) in [4.78, 5) is 17.7. The summed E-state index contributed by atoms with van der Waals surface area (Å²) >= 11 is 0. The van der Waals surface area contributed by atoms with Crippen molar-refractivity contribution in [1.82, 2.24) is 19.7 Å². The molecule has 88 valence electrons. The maximum absolute atomic E-state index is 12.0. The molecule has 1 aliphatic rings. The zero-order valence-corrected chi connectivity index (χ0v) is 9.46. The van der Waals surface area contributed by atoms with Gasteiger partial charge in [-0.3, -0.25) is 4.79 Å². The Morgan fingerprint density at radius 1 is 1.69 bits per heavy atom. The summed E-state index contributed by atoms with van der Waals surface area (Å²) < 4.78 is 1.49. The number of anilines is 1. The number of aromatic nitrogens is 3. The number of hydrogen-bond acceptors (Lipinski definition) is 4. The quantitative estimate of drug-likeness (QED) is 0.776. The summed E-state index contributed by atoms with van der Waals surface area (Å²) in [6, 6.07) is 0.452. The van der Waals surface area contributed by atoms with E-state index in [1.165, 1.54) is 11.0 Å². The summed E-state index contributed by atoms with van der Waals surface area (Å²) in [6.45, 7) is 3.14. The minimum atomic E-state index is 0.106. The molecule has 2 N–H and O–H groups in total. The molecule has 0 unspecified atom stereocenters. The molecule has 1 aromatic rings. The van der Waals surface area contributed by atoms with Gasteiger partial charge in [0.15, 0.2) is 0 Å². The van der Waals surface area contributed by atoms with E-state index >= 15 is 0 Å². The van der Waals surface area contributed by atoms with Crippen LogP contribution in [-0.2, 0) is 11.3 Å². The highest BCUT2D eigenvalue weighted by Crippen LogP contribution is 2.27. The van der Waals surface area contributed by atoms with Crippen molar-refractivity contribution in [2.45, 2.75) is 38.8 Å². The van der Waals surface area contributed by atoms with Crippen LogP contribution in [0, 0.1) is 0 Å². The number of carbonyl (C=O) groups excluding carboxylic acids is 1. The minimum Gasteiger partial charge on any atom is -0.367 e. The van der Waals surface area contributed by atoms with Crippen LogP contribution in [0.15, 0.2) is 6.33 Å². The first-order valence-electron chi connectivity index (χ1n) is 5.65. The predicted octanol–water partition coefficient (Wildman–Crippen LogP) is 0.261. The van der Waals surface area contributed by atoms with E-state index in [2.05, 4.69) is 17.0 Å². The van der Waals surface area contributed by atoms with Gasteiger partial charge in [0, 0.05) is 12.6 Å². The van der Waals surface area contributed by atoms with E-state index in [1.54, 1.807) is 0 Å². The van der Waals surface area contributed by atoms with Crippen LogP contribution in [0.4, 0.5) is 5.95 Å². The third-order valence-corrected chi connectivity index (χ3v) is 2.62. The summed E-state index contributed by atoms with van der Waals surface area (Å²) in [5, 5.41) is 3.91. The fourth-order valence-corrected chi connectivity index (χ4v) is 1.75. The molecule has 1 heterocycles.